The van der Waals surface area contributed by atoms with E-state index in [9.17, 15) is 14.4 Å². The lowest BCUT2D eigenvalue weighted by atomic mass is 10.2. The van der Waals surface area contributed by atoms with Crippen LogP contribution >= 0.6 is 0 Å². The highest BCUT2D eigenvalue weighted by atomic mass is 16.6. The van der Waals surface area contributed by atoms with E-state index in [0.29, 0.717) is 32.7 Å². The monoisotopic (exact) mass is 389 g/mol. The second kappa shape index (κ2) is 8.71. The molecule has 0 saturated carbocycles. The minimum Gasteiger partial charge on any atom is -0.477 e. The van der Waals surface area contributed by atoms with E-state index >= 15 is 0 Å². The van der Waals surface area contributed by atoms with Gasteiger partial charge in [-0.3, -0.25) is 4.90 Å². The topological polar surface area (TPSA) is 120 Å². The van der Waals surface area contributed by atoms with Crippen molar-refractivity contribution in [3.63, 3.8) is 0 Å². The SMILES string of the molecule is CC(C)(C)OC(=O)N1CCN(CC#Cc2cc(C(=O)O)nc(C(=O)O)c2)CC1. The molecule has 1 aromatic heterocycles. The van der Waals surface area contributed by atoms with Crippen LogP contribution in [-0.2, 0) is 4.74 Å². The summed E-state index contributed by atoms with van der Waals surface area (Å²) < 4.78 is 5.35. The van der Waals surface area contributed by atoms with Crippen molar-refractivity contribution in [1.82, 2.24) is 14.8 Å². The molecule has 2 rings (SSSR count). The summed E-state index contributed by atoms with van der Waals surface area (Å²) in [5, 5.41) is 18.1. The Morgan fingerprint density at radius 3 is 2.07 bits per heavy atom. The molecule has 1 amide bonds. The third kappa shape index (κ3) is 6.25. The summed E-state index contributed by atoms with van der Waals surface area (Å²) >= 11 is 0. The van der Waals surface area contributed by atoms with Gasteiger partial charge in [-0.15, -0.1) is 0 Å². The first kappa shape index (κ1) is 21.2. The van der Waals surface area contributed by atoms with Gasteiger partial charge in [-0.1, -0.05) is 11.8 Å². The molecule has 0 unspecified atom stereocenters. The lowest BCUT2D eigenvalue weighted by molar-refractivity contribution is 0.0155. The Kier molecular flexibility index (Phi) is 6.59. The number of rotatable bonds is 3. The minimum absolute atomic E-state index is 0.275. The number of carboxylic acid groups (broad SMARTS) is 2. The summed E-state index contributed by atoms with van der Waals surface area (Å²) in [6.07, 6.45) is -0.336. The van der Waals surface area contributed by atoms with Crippen LogP contribution in [0.15, 0.2) is 12.1 Å². The molecule has 1 aliphatic heterocycles. The van der Waals surface area contributed by atoms with Crippen LogP contribution in [-0.4, -0.2) is 81.4 Å². The highest BCUT2D eigenvalue weighted by molar-refractivity contribution is 5.90. The second-order valence-corrected chi connectivity index (χ2v) is 7.28. The second-order valence-electron chi connectivity index (χ2n) is 7.28. The number of hydrogen-bond donors (Lipinski definition) is 2. The molecule has 0 atom stereocenters. The Hall–Kier alpha value is -3.12. The van der Waals surface area contributed by atoms with Crippen LogP contribution in [0.4, 0.5) is 4.79 Å². The summed E-state index contributed by atoms with van der Waals surface area (Å²) in [6, 6.07) is 2.48. The predicted molar refractivity (Wildman–Crippen MR) is 99.3 cm³/mol. The third-order valence-corrected chi connectivity index (χ3v) is 3.82. The first-order valence-corrected chi connectivity index (χ1v) is 8.73. The highest BCUT2D eigenvalue weighted by Crippen LogP contribution is 2.12. The van der Waals surface area contributed by atoms with Crippen molar-refractivity contribution in [2.45, 2.75) is 26.4 Å². The standard InChI is InChI=1S/C19H23N3O6/c1-19(2,3)28-18(27)22-9-7-21(8-10-22)6-4-5-13-11-14(16(23)24)20-15(12-13)17(25)26/h11-12H,6-10H2,1-3H3,(H,23,24)(H,25,26). The van der Waals surface area contributed by atoms with Crippen LogP contribution in [0, 0.1) is 11.8 Å². The van der Waals surface area contributed by atoms with Gasteiger partial charge in [0.2, 0.25) is 0 Å². The molecule has 0 bridgehead atoms. The molecule has 2 N–H and O–H groups in total. The molecule has 0 aromatic carbocycles. The largest absolute Gasteiger partial charge is 0.477 e. The van der Waals surface area contributed by atoms with Crippen molar-refractivity contribution in [3.05, 3.63) is 29.1 Å². The van der Waals surface area contributed by atoms with Crippen molar-refractivity contribution in [2.75, 3.05) is 32.7 Å². The molecule has 1 fully saturated rings. The van der Waals surface area contributed by atoms with E-state index in [0.717, 1.165) is 0 Å². The van der Waals surface area contributed by atoms with Crippen LogP contribution in [0.1, 0.15) is 47.3 Å². The maximum atomic E-state index is 12.0. The number of aromatic carboxylic acids is 2. The maximum absolute atomic E-state index is 12.0. The zero-order chi connectivity index (χ0) is 20.9. The average molecular weight is 389 g/mol. The van der Waals surface area contributed by atoms with Crippen LogP contribution in [0.5, 0.6) is 0 Å². The fourth-order valence-corrected chi connectivity index (χ4v) is 2.49. The predicted octanol–water partition coefficient (Wildman–Crippen LogP) is 1.38. The van der Waals surface area contributed by atoms with Gasteiger partial charge in [-0.05, 0) is 32.9 Å². The number of ether oxygens (including phenoxy) is 1. The molecule has 9 nitrogen and oxygen atoms in total. The van der Waals surface area contributed by atoms with Gasteiger partial charge in [0.15, 0.2) is 0 Å². The smallest absolute Gasteiger partial charge is 0.410 e. The molecule has 28 heavy (non-hydrogen) atoms. The molecule has 0 aliphatic carbocycles. The number of carbonyl (C=O) groups is 3. The minimum atomic E-state index is -1.32. The first-order chi connectivity index (χ1) is 13.0. The molecule has 150 valence electrons. The van der Waals surface area contributed by atoms with E-state index in [1.165, 1.54) is 12.1 Å². The van der Waals surface area contributed by atoms with E-state index in [2.05, 4.69) is 16.8 Å². The van der Waals surface area contributed by atoms with E-state index in [-0.39, 0.29) is 23.0 Å². The van der Waals surface area contributed by atoms with Gasteiger partial charge in [-0.25, -0.2) is 19.4 Å². The summed E-state index contributed by atoms with van der Waals surface area (Å²) in [7, 11) is 0. The Balaban J connectivity index is 1.95. The molecular weight excluding hydrogens is 366 g/mol. The van der Waals surface area contributed by atoms with Gasteiger partial charge >= 0.3 is 18.0 Å². The van der Waals surface area contributed by atoms with Crippen molar-refractivity contribution >= 4 is 18.0 Å². The normalized spacial score (nSPS) is 14.8. The molecule has 0 radical (unpaired) electrons. The van der Waals surface area contributed by atoms with E-state index in [4.69, 9.17) is 14.9 Å². The number of carbonyl (C=O) groups excluding carboxylic acids is 1. The van der Waals surface area contributed by atoms with Crippen LogP contribution < -0.4 is 0 Å². The molecule has 0 spiro atoms. The summed E-state index contributed by atoms with van der Waals surface area (Å²) in [6.45, 7) is 8.19. The van der Waals surface area contributed by atoms with Crippen LogP contribution in [0.2, 0.25) is 0 Å². The lowest BCUT2D eigenvalue weighted by Crippen LogP contribution is -2.50. The maximum Gasteiger partial charge on any atom is 0.410 e. The number of amides is 1. The van der Waals surface area contributed by atoms with Gasteiger partial charge in [0.1, 0.15) is 17.0 Å². The fraction of sp³-hybridized carbons (Fsp3) is 0.474. The van der Waals surface area contributed by atoms with Gasteiger partial charge in [0.05, 0.1) is 6.54 Å². The Bertz CT molecular complexity index is 794. The van der Waals surface area contributed by atoms with Crippen LogP contribution in [0.3, 0.4) is 0 Å². The van der Waals surface area contributed by atoms with Crippen molar-refractivity contribution < 1.29 is 29.3 Å². The Morgan fingerprint density at radius 2 is 1.61 bits per heavy atom. The van der Waals surface area contributed by atoms with Gasteiger partial charge < -0.3 is 19.8 Å². The Morgan fingerprint density at radius 1 is 1.07 bits per heavy atom. The number of aromatic nitrogens is 1. The molecule has 1 saturated heterocycles. The fourth-order valence-electron chi connectivity index (χ4n) is 2.49. The Labute approximate surface area is 162 Å². The number of hydrogen-bond acceptors (Lipinski definition) is 6. The zero-order valence-corrected chi connectivity index (χ0v) is 16.1. The summed E-state index contributed by atoms with van der Waals surface area (Å²) in [5.41, 5.74) is -0.990. The van der Waals surface area contributed by atoms with Crippen LogP contribution in [0.25, 0.3) is 0 Å². The number of piperazine rings is 1. The van der Waals surface area contributed by atoms with Crippen molar-refractivity contribution in [1.29, 1.82) is 0 Å². The van der Waals surface area contributed by atoms with Crippen molar-refractivity contribution in [3.8, 4) is 11.8 Å². The van der Waals surface area contributed by atoms with E-state index in [1.54, 1.807) is 4.90 Å². The molecule has 2 heterocycles. The summed E-state index contributed by atoms with van der Waals surface area (Å²) in [5.74, 6) is 3.07. The lowest BCUT2D eigenvalue weighted by Gasteiger charge is -2.34. The number of nitrogens with zero attached hydrogens (tertiary/aromatic N) is 3. The highest BCUT2D eigenvalue weighted by Gasteiger charge is 2.25. The third-order valence-electron chi connectivity index (χ3n) is 3.82. The van der Waals surface area contributed by atoms with E-state index < -0.39 is 17.5 Å². The van der Waals surface area contributed by atoms with Gasteiger partial charge in [-0.2, -0.15) is 0 Å². The van der Waals surface area contributed by atoms with Crippen molar-refractivity contribution in [2.24, 2.45) is 0 Å². The van der Waals surface area contributed by atoms with Gasteiger partial charge in [0, 0.05) is 31.7 Å². The molecule has 1 aliphatic rings. The zero-order valence-electron chi connectivity index (χ0n) is 16.1. The average Bonchev–Trinajstić information content (AvgIpc) is 2.60. The molecule has 9 heteroatoms. The molecular formula is C19H23N3O6. The quantitative estimate of drug-likeness (QED) is 0.744. The van der Waals surface area contributed by atoms with Gasteiger partial charge in [0.25, 0.3) is 0 Å². The number of pyridine rings is 1. The van der Waals surface area contributed by atoms with E-state index in [1.807, 2.05) is 25.7 Å². The number of carboxylic acids is 2. The molecule has 1 aromatic rings. The summed E-state index contributed by atoms with van der Waals surface area (Å²) in [4.78, 5) is 41.4. The first-order valence-electron chi connectivity index (χ1n) is 8.73.